The topological polar surface area (TPSA) is 77.1 Å². The summed E-state index contributed by atoms with van der Waals surface area (Å²) in [5, 5.41) is 14.1. The first-order valence-corrected chi connectivity index (χ1v) is 13.8. The molecule has 2 aromatic carbocycles. The lowest BCUT2D eigenvalue weighted by Gasteiger charge is -2.34. The van der Waals surface area contributed by atoms with E-state index in [-0.39, 0.29) is 12.1 Å². The molecule has 1 aliphatic carbocycles. The molecular formula is C30H36N6O2. The van der Waals surface area contributed by atoms with Crippen molar-refractivity contribution < 1.29 is 9.53 Å². The Hall–Kier alpha value is -3.65. The second-order valence-corrected chi connectivity index (χ2v) is 10.7. The first-order valence-electron chi connectivity index (χ1n) is 13.8. The maximum Gasteiger partial charge on any atom is 0.349 e. The largest absolute Gasteiger partial charge is 0.381 e. The number of carbonyl (C=O) groups is 1. The standard InChI is InChI=1S/C30H36N6O2/c1-21-8-13-26-27(20-21)35(24-11-9-23(10-12-24)34(2)28-14-17-31-32-28)30(37)36(25-15-18-38-19-16-25)33-29(26)22-6-4-3-5-7-22/h8-14,17,20,22,25H,3-7,15-16,18-19H2,1-2H3,(H,31,32). The third-order valence-electron chi connectivity index (χ3n) is 8.14. The third kappa shape index (κ3) is 4.69. The van der Waals surface area contributed by atoms with Crippen molar-refractivity contribution in [3.63, 3.8) is 0 Å². The molecular weight excluding hydrogens is 476 g/mol. The number of urea groups is 1. The summed E-state index contributed by atoms with van der Waals surface area (Å²) in [5.41, 5.74) is 6.02. The number of amides is 2. The van der Waals surface area contributed by atoms with Gasteiger partial charge in [0.2, 0.25) is 0 Å². The normalized spacial score (nSPS) is 19.2. The van der Waals surface area contributed by atoms with Crippen LogP contribution in [0.3, 0.4) is 0 Å². The average molecular weight is 513 g/mol. The molecule has 3 aromatic rings. The van der Waals surface area contributed by atoms with Crippen molar-refractivity contribution in [1.82, 2.24) is 15.2 Å². The van der Waals surface area contributed by atoms with Gasteiger partial charge in [-0.05, 0) is 68.5 Å². The fourth-order valence-electron chi connectivity index (χ4n) is 5.96. The van der Waals surface area contributed by atoms with Gasteiger partial charge in [0.25, 0.3) is 0 Å². The van der Waals surface area contributed by atoms with Gasteiger partial charge in [0.05, 0.1) is 29.3 Å². The zero-order valence-electron chi connectivity index (χ0n) is 22.3. The van der Waals surface area contributed by atoms with E-state index in [1.54, 1.807) is 11.2 Å². The van der Waals surface area contributed by atoms with Crippen molar-refractivity contribution in [3.05, 3.63) is 65.9 Å². The van der Waals surface area contributed by atoms with Gasteiger partial charge in [-0.3, -0.25) is 10.00 Å². The van der Waals surface area contributed by atoms with Crippen LogP contribution in [0, 0.1) is 12.8 Å². The maximum absolute atomic E-state index is 14.4. The summed E-state index contributed by atoms with van der Waals surface area (Å²) in [6, 6.07) is 16.5. The SMILES string of the molecule is Cc1ccc2c(c1)N(c1ccc(N(C)c3ccn[nH]3)cc1)C(=O)N(C1CCOCC1)N=C2C1CCCCC1. The third-order valence-corrected chi connectivity index (χ3v) is 8.14. The summed E-state index contributed by atoms with van der Waals surface area (Å²) >= 11 is 0. The summed E-state index contributed by atoms with van der Waals surface area (Å²) in [6.07, 6.45) is 9.28. The molecule has 0 bridgehead atoms. The van der Waals surface area contributed by atoms with E-state index in [1.807, 2.05) is 47.2 Å². The predicted octanol–water partition coefficient (Wildman–Crippen LogP) is 6.52. The van der Waals surface area contributed by atoms with Gasteiger partial charge < -0.3 is 9.64 Å². The average Bonchev–Trinajstić information content (AvgIpc) is 3.47. The Bertz CT molecular complexity index is 1290. The minimum Gasteiger partial charge on any atom is -0.381 e. The van der Waals surface area contributed by atoms with Crippen molar-refractivity contribution in [2.45, 2.75) is 57.9 Å². The molecule has 1 N–H and O–H groups in total. The van der Waals surface area contributed by atoms with Crippen LogP contribution in [-0.2, 0) is 4.74 Å². The van der Waals surface area contributed by atoms with Gasteiger partial charge in [-0.25, -0.2) is 9.80 Å². The minimum atomic E-state index is -0.0933. The van der Waals surface area contributed by atoms with Crippen LogP contribution >= 0.6 is 0 Å². The van der Waals surface area contributed by atoms with Crippen LogP contribution in [0.4, 0.5) is 27.7 Å². The number of anilines is 4. The Morgan fingerprint density at radius 2 is 1.74 bits per heavy atom. The van der Waals surface area contributed by atoms with Crippen molar-refractivity contribution in [3.8, 4) is 0 Å². The summed E-state index contributed by atoms with van der Waals surface area (Å²) in [5.74, 6) is 1.27. The van der Waals surface area contributed by atoms with E-state index < -0.39 is 0 Å². The molecule has 6 rings (SSSR count). The van der Waals surface area contributed by atoms with Gasteiger partial charge in [-0.2, -0.15) is 10.2 Å². The highest BCUT2D eigenvalue weighted by molar-refractivity contribution is 6.14. The number of hydrogen-bond donors (Lipinski definition) is 1. The lowest BCUT2D eigenvalue weighted by molar-refractivity contribution is 0.0480. The van der Waals surface area contributed by atoms with E-state index in [4.69, 9.17) is 9.84 Å². The number of fused-ring (bicyclic) bond motifs is 1. The summed E-state index contributed by atoms with van der Waals surface area (Å²) in [7, 11) is 2.00. The molecule has 0 radical (unpaired) electrons. The number of aromatic amines is 1. The second-order valence-electron chi connectivity index (χ2n) is 10.7. The van der Waals surface area contributed by atoms with Crippen LogP contribution in [0.5, 0.6) is 0 Å². The van der Waals surface area contributed by atoms with Crippen LogP contribution in [-0.4, -0.2) is 53.3 Å². The van der Waals surface area contributed by atoms with E-state index in [9.17, 15) is 4.79 Å². The van der Waals surface area contributed by atoms with Gasteiger partial charge in [0.1, 0.15) is 5.82 Å². The molecule has 3 heterocycles. The number of aryl methyl sites for hydroxylation is 1. The zero-order valence-corrected chi connectivity index (χ0v) is 22.3. The Balaban J connectivity index is 1.44. The Labute approximate surface area is 224 Å². The highest BCUT2D eigenvalue weighted by atomic mass is 16.5. The number of nitrogens with zero attached hydrogens (tertiary/aromatic N) is 5. The quantitative estimate of drug-likeness (QED) is 0.422. The lowest BCUT2D eigenvalue weighted by Crippen LogP contribution is -2.45. The number of rotatable bonds is 5. The maximum atomic E-state index is 14.4. The molecule has 1 saturated heterocycles. The number of hydrogen-bond acceptors (Lipinski definition) is 5. The highest BCUT2D eigenvalue weighted by Crippen LogP contribution is 2.39. The Morgan fingerprint density at radius 3 is 2.45 bits per heavy atom. The molecule has 0 atom stereocenters. The van der Waals surface area contributed by atoms with Crippen molar-refractivity contribution in [2.24, 2.45) is 11.0 Å². The van der Waals surface area contributed by atoms with Gasteiger partial charge in [0, 0.05) is 43.5 Å². The molecule has 2 fully saturated rings. The molecule has 0 unspecified atom stereocenters. The van der Waals surface area contributed by atoms with Crippen LogP contribution in [0.2, 0.25) is 0 Å². The van der Waals surface area contributed by atoms with Crippen molar-refractivity contribution >= 4 is 34.6 Å². The molecule has 2 aliphatic heterocycles. The molecule has 1 aromatic heterocycles. The molecule has 38 heavy (non-hydrogen) atoms. The van der Waals surface area contributed by atoms with Gasteiger partial charge in [-0.1, -0.05) is 31.4 Å². The summed E-state index contributed by atoms with van der Waals surface area (Å²) < 4.78 is 5.64. The fourth-order valence-corrected chi connectivity index (χ4v) is 5.96. The Kier molecular flexibility index (Phi) is 6.89. The van der Waals surface area contributed by atoms with Crippen LogP contribution < -0.4 is 9.80 Å². The van der Waals surface area contributed by atoms with Gasteiger partial charge >= 0.3 is 6.03 Å². The number of hydrazone groups is 1. The van der Waals surface area contributed by atoms with Crippen LogP contribution in [0.15, 0.2) is 59.8 Å². The van der Waals surface area contributed by atoms with Crippen molar-refractivity contribution in [1.29, 1.82) is 0 Å². The van der Waals surface area contributed by atoms with Crippen LogP contribution in [0.1, 0.15) is 56.1 Å². The van der Waals surface area contributed by atoms with E-state index in [0.29, 0.717) is 19.1 Å². The number of nitrogens with one attached hydrogen (secondary N) is 1. The number of benzene rings is 2. The molecule has 1 saturated carbocycles. The van der Waals surface area contributed by atoms with Crippen molar-refractivity contribution in [2.75, 3.05) is 30.1 Å². The van der Waals surface area contributed by atoms with Crippen LogP contribution in [0.25, 0.3) is 0 Å². The fraction of sp³-hybridized carbons (Fsp3) is 0.433. The molecule has 0 spiro atoms. The molecule has 2 amide bonds. The minimum absolute atomic E-state index is 0.0264. The van der Waals surface area contributed by atoms with E-state index in [2.05, 4.69) is 35.3 Å². The Morgan fingerprint density at radius 1 is 0.974 bits per heavy atom. The van der Waals surface area contributed by atoms with Gasteiger partial charge in [0.15, 0.2) is 0 Å². The van der Waals surface area contributed by atoms with E-state index in [0.717, 1.165) is 65.4 Å². The first-order chi connectivity index (χ1) is 18.6. The number of carbonyl (C=O) groups excluding carboxylic acids is 1. The molecule has 8 heteroatoms. The second kappa shape index (κ2) is 10.6. The van der Waals surface area contributed by atoms with E-state index in [1.165, 1.54) is 19.3 Å². The van der Waals surface area contributed by atoms with E-state index >= 15 is 0 Å². The molecule has 8 nitrogen and oxygen atoms in total. The summed E-state index contributed by atoms with van der Waals surface area (Å²) in [4.78, 5) is 18.3. The lowest BCUT2D eigenvalue weighted by atomic mass is 9.82. The first kappa shape index (κ1) is 24.7. The summed E-state index contributed by atoms with van der Waals surface area (Å²) in [6.45, 7) is 3.40. The highest BCUT2D eigenvalue weighted by Gasteiger charge is 2.37. The number of H-pyrrole nitrogens is 1. The predicted molar refractivity (Wildman–Crippen MR) is 151 cm³/mol. The molecule has 198 valence electrons. The zero-order chi connectivity index (χ0) is 26.1. The van der Waals surface area contributed by atoms with Gasteiger partial charge in [-0.15, -0.1) is 0 Å². The number of ether oxygens (including phenoxy) is 1. The monoisotopic (exact) mass is 512 g/mol. The number of aromatic nitrogens is 2. The smallest absolute Gasteiger partial charge is 0.349 e. The molecule has 3 aliphatic rings.